The summed E-state index contributed by atoms with van der Waals surface area (Å²) in [6.07, 6.45) is 0. The van der Waals surface area contributed by atoms with E-state index >= 15 is 0 Å². The molecule has 0 N–H and O–H groups in total. The lowest BCUT2D eigenvalue weighted by Crippen LogP contribution is -2.48. The summed E-state index contributed by atoms with van der Waals surface area (Å²) in [6.45, 7) is 7.21. The lowest BCUT2D eigenvalue weighted by Gasteiger charge is -2.34. The zero-order valence-corrected chi connectivity index (χ0v) is 17.2. The highest BCUT2D eigenvalue weighted by molar-refractivity contribution is 9.10. The molecule has 1 aliphatic rings. The zero-order valence-electron chi connectivity index (χ0n) is 14.8. The number of rotatable bonds is 2. The number of halogens is 1. The molecule has 26 heavy (non-hydrogen) atoms. The van der Waals surface area contributed by atoms with Crippen molar-refractivity contribution in [1.29, 1.82) is 0 Å². The predicted octanol–water partition coefficient (Wildman–Crippen LogP) is 4.64. The number of hydrogen-bond acceptors (Lipinski definition) is 4. The minimum Gasteiger partial charge on any atom is -0.345 e. The van der Waals surface area contributed by atoms with Crippen LogP contribution in [0.2, 0.25) is 0 Å². The van der Waals surface area contributed by atoms with Crippen LogP contribution in [0.1, 0.15) is 21.5 Å². The molecule has 1 aliphatic heterocycles. The summed E-state index contributed by atoms with van der Waals surface area (Å²) in [5.41, 5.74) is 4.19. The van der Waals surface area contributed by atoms with Crippen molar-refractivity contribution in [2.45, 2.75) is 13.8 Å². The molecule has 4 nitrogen and oxygen atoms in total. The average molecular weight is 430 g/mol. The van der Waals surface area contributed by atoms with Crippen LogP contribution in [0.5, 0.6) is 0 Å². The number of piperazine rings is 1. The van der Waals surface area contributed by atoms with Crippen LogP contribution < -0.4 is 4.90 Å². The highest BCUT2D eigenvalue weighted by Gasteiger charge is 2.24. The summed E-state index contributed by atoms with van der Waals surface area (Å²) in [7, 11) is 0. The SMILES string of the molecule is Cc1ccc(C(=O)N2CCN(c3nc4ccc(Br)cc4s3)CC2)cc1C. The fourth-order valence-corrected chi connectivity index (χ4v) is 4.75. The lowest BCUT2D eigenvalue weighted by molar-refractivity contribution is 0.0746. The Kier molecular flexibility index (Phi) is 4.71. The van der Waals surface area contributed by atoms with Crippen LogP contribution in [0.3, 0.4) is 0 Å². The van der Waals surface area contributed by atoms with Crippen molar-refractivity contribution in [2.24, 2.45) is 0 Å². The molecule has 1 aromatic heterocycles. The number of benzene rings is 2. The highest BCUT2D eigenvalue weighted by atomic mass is 79.9. The van der Waals surface area contributed by atoms with E-state index in [-0.39, 0.29) is 5.91 Å². The molecule has 1 fully saturated rings. The summed E-state index contributed by atoms with van der Waals surface area (Å²) in [4.78, 5) is 21.8. The number of amides is 1. The molecule has 0 radical (unpaired) electrons. The number of aryl methyl sites for hydroxylation is 2. The molecule has 0 aliphatic carbocycles. The minimum absolute atomic E-state index is 0.126. The molecule has 0 atom stereocenters. The Hall–Kier alpha value is -1.92. The van der Waals surface area contributed by atoms with E-state index in [1.165, 1.54) is 10.3 Å². The Morgan fingerprint density at radius 1 is 1.04 bits per heavy atom. The zero-order chi connectivity index (χ0) is 18.3. The van der Waals surface area contributed by atoms with Gasteiger partial charge in [0.25, 0.3) is 5.91 Å². The number of thiazole rings is 1. The van der Waals surface area contributed by atoms with Crippen molar-refractivity contribution >= 4 is 48.5 Å². The standard InChI is InChI=1S/C20H20BrN3OS/c1-13-3-4-15(11-14(13)2)19(25)23-7-9-24(10-8-23)20-22-17-6-5-16(21)12-18(17)26-20/h3-6,11-12H,7-10H2,1-2H3. The predicted molar refractivity (Wildman–Crippen MR) is 111 cm³/mol. The van der Waals surface area contributed by atoms with Crippen molar-refractivity contribution in [2.75, 3.05) is 31.1 Å². The monoisotopic (exact) mass is 429 g/mol. The molecule has 1 saturated heterocycles. The first-order valence-electron chi connectivity index (χ1n) is 8.69. The van der Waals surface area contributed by atoms with Crippen LogP contribution in [-0.2, 0) is 0 Å². The van der Waals surface area contributed by atoms with E-state index in [4.69, 9.17) is 4.98 Å². The Morgan fingerprint density at radius 3 is 2.54 bits per heavy atom. The van der Waals surface area contributed by atoms with Gasteiger partial charge in [0.2, 0.25) is 0 Å². The van der Waals surface area contributed by atoms with Crippen LogP contribution in [0, 0.1) is 13.8 Å². The van der Waals surface area contributed by atoms with Crippen LogP contribution in [-0.4, -0.2) is 42.0 Å². The number of carbonyl (C=O) groups is 1. The maximum atomic E-state index is 12.8. The fraction of sp³-hybridized carbons (Fsp3) is 0.300. The van der Waals surface area contributed by atoms with E-state index in [1.807, 2.05) is 35.2 Å². The molecule has 0 spiro atoms. The molecule has 0 unspecified atom stereocenters. The molecule has 3 aromatic rings. The third kappa shape index (κ3) is 3.35. The number of hydrogen-bond donors (Lipinski definition) is 0. The first-order chi connectivity index (χ1) is 12.5. The Labute approximate surface area is 165 Å². The van der Waals surface area contributed by atoms with Gasteiger partial charge in [0, 0.05) is 36.2 Å². The summed E-state index contributed by atoms with van der Waals surface area (Å²) < 4.78 is 2.26. The molecule has 134 valence electrons. The van der Waals surface area contributed by atoms with Gasteiger partial charge in [-0.3, -0.25) is 4.79 Å². The number of carbonyl (C=O) groups excluding carboxylic acids is 1. The second-order valence-corrected chi connectivity index (χ2v) is 8.61. The van der Waals surface area contributed by atoms with Gasteiger partial charge in [-0.25, -0.2) is 4.98 Å². The third-order valence-corrected chi connectivity index (χ3v) is 6.50. The number of nitrogens with zero attached hydrogens (tertiary/aromatic N) is 3. The number of fused-ring (bicyclic) bond motifs is 1. The van der Waals surface area contributed by atoms with Crippen LogP contribution >= 0.6 is 27.3 Å². The molecule has 2 heterocycles. The molecule has 2 aromatic carbocycles. The minimum atomic E-state index is 0.126. The van der Waals surface area contributed by atoms with Gasteiger partial charge in [-0.05, 0) is 55.3 Å². The van der Waals surface area contributed by atoms with Gasteiger partial charge in [0.15, 0.2) is 5.13 Å². The molecular weight excluding hydrogens is 410 g/mol. The van der Waals surface area contributed by atoms with Gasteiger partial charge in [-0.1, -0.05) is 33.3 Å². The van der Waals surface area contributed by atoms with E-state index in [2.05, 4.69) is 40.7 Å². The number of aromatic nitrogens is 1. The van der Waals surface area contributed by atoms with E-state index in [9.17, 15) is 4.79 Å². The van der Waals surface area contributed by atoms with Gasteiger partial charge >= 0.3 is 0 Å². The van der Waals surface area contributed by atoms with Gasteiger partial charge in [0.05, 0.1) is 10.2 Å². The first-order valence-corrected chi connectivity index (χ1v) is 10.3. The summed E-state index contributed by atoms with van der Waals surface area (Å²) in [5, 5.41) is 1.04. The second-order valence-electron chi connectivity index (χ2n) is 6.69. The molecule has 1 amide bonds. The normalized spacial score (nSPS) is 14.9. The largest absolute Gasteiger partial charge is 0.345 e. The quantitative estimate of drug-likeness (QED) is 0.595. The summed E-state index contributed by atoms with van der Waals surface area (Å²) >= 11 is 5.22. The average Bonchev–Trinajstić information content (AvgIpc) is 3.06. The maximum absolute atomic E-state index is 12.8. The van der Waals surface area contributed by atoms with Crippen LogP contribution in [0.4, 0.5) is 5.13 Å². The lowest BCUT2D eigenvalue weighted by atomic mass is 10.1. The fourth-order valence-electron chi connectivity index (χ4n) is 3.18. The third-order valence-electron chi connectivity index (χ3n) is 4.93. The van der Waals surface area contributed by atoms with Gasteiger partial charge < -0.3 is 9.80 Å². The molecule has 0 saturated carbocycles. The van der Waals surface area contributed by atoms with Crippen molar-refractivity contribution < 1.29 is 4.79 Å². The maximum Gasteiger partial charge on any atom is 0.253 e. The van der Waals surface area contributed by atoms with Crippen molar-refractivity contribution in [3.05, 3.63) is 57.6 Å². The molecule has 4 rings (SSSR count). The van der Waals surface area contributed by atoms with E-state index in [0.717, 1.165) is 52.4 Å². The van der Waals surface area contributed by atoms with Gasteiger partial charge in [-0.15, -0.1) is 0 Å². The van der Waals surface area contributed by atoms with E-state index in [0.29, 0.717) is 0 Å². The van der Waals surface area contributed by atoms with Crippen molar-refractivity contribution in [3.63, 3.8) is 0 Å². The van der Waals surface area contributed by atoms with E-state index < -0.39 is 0 Å². The smallest absolute Gasteiger partial charge is 0.253 e. The molecule has 6 heteroatoms. The topological polar surface area (TPSA) is 36.4 Å². The molecule has 0 bridgehead atoms. The Morgan fingerprint density at radius 2 is 1.81 bits per heavy atom. The second kappa shape index (κ2) is 7.00. The Bertz CT molecular complexity index is 976. The summed E-state index contributed by atoms with van der Waals surface area (Å²) in [6, 6.07) is 12.1. The first kappa shape index (κ1) is 17.5. The Balaban J connectivity index is 1.46. The summed E-state index contributed by atoms with van der Waals surface area (Å²) in [5.74, 6) is 0.126. The molecular formula is C20H20BrN3OS. The van der Waals surface area contributed by atoms with Gasteiger partial charge in [-0.2, -0.15) is 0 Å². The van der Waals surface area contributed by atoms with E-state index in [1.54, 1.807) is 11.3 Å². The highest BCUT2D eigenvalue weighted by Crippen LogP contribution is 2.31. The van der Waals surface area contributed by atoms with Crippen molar-refractivity contribution in [1.82, 2.24) is 9.88 Å². The van der Waals surface area contributed by atoms with Crippen LogP contribution in [0.15, 0.2) is 40.9 Å². The van der Waals surface area contributed by atoms with Crippen LogP contribution in [0.25, 0.3) is 10.2 Å². The van der Waals surface area contributed by atoms with Crippen molar-refractivity contribution in [3.8, 4) is 0 Å². The van der Waals surface area contributed by atoms with Gasteiger partial charge in [0.1, 0.15) is 0 Å². The number of anilines is 1.